The van der Waals surface area contributed by atoms with E-state index in [0.29, 0.717) is 29.0 Å². The Bertz CT molecular complexity index is 917. The van der Waals surface area contributed by atoms with Gasteiger partial charge >= 0.3 is 0 Å². The number of anilines is 2. The minimum absolute atomic E-state index is 0.254. The summed E-state index contributed by atoms with van der Waals surface area (Å²) >= 11 is 6.13. The molecule has 0 spiro atoms. The highest BCUT2D eigenvalue weighted by atomic mass is 35.5. The van der Waals surface area contributed by atoms with E-state index in [-0.39, 0.29) is 11.6 Å². The average Bonchev–Trinajstić information content (AvgIpc) is 2.68. The van der Waals surface area contributed by atoms with E-state index in [1.54, 1.807) is 37.4 Å². The fourth-order valence-corrected chi connectivity index (χ4v) is 2.48. The van der Waals surface area contributed by atoms with Crippen LogP contribution in [0, 0.1) is 0 Å². The van der Waals surface area contributed by atoms with Crippen molar-refractivity contribution in [1.29, 1.82) is 0 Å². The third-order valence-corrected chi connectivity index (χ3v) is 3.98. The van der Waals surface area contributed by atoms with Gasteiger partial charge in [0, 0.05) is 29.5 Å². The van der Waals surface area contributed by atoms with Crippen molar-refractivity contribution >= 4 is 29.1 Å². The molecule has 0 radical (unpaired) electrons. The molecule has 1 aromatic heterocycles. The molecule has 6 nitrogen and oxygen atoms in total. The SMILES string of the molecule is COc1cccc(NC(=O)c2ccnc(NCc3ccccc3Cl)n2)c1. The molecule has 0 saturated heterocycles. The lowest BCUT2D eigenvalue weighted by Crippen LogP contribution is -2.15. The minimum atomic E-state index is -0.332. The fourth-order valence-electron chi connectivity index (χ4n) is 2.28. The molecular formula is C19H17ClN4O2. The van der Waals surface area contributed by atoms with Crippen LogP contribution in [0.5, 0.6) is 5.75 Å². The van der Waals surface area contributed by atoms with Crippen LogP contribution in [0.4, 0.5) is 11.6 Å². The molecule has 3 aromatic rings. The van der Waals surface area contributed by atoms with Gasteiger partial charge < -0.3 is 15.4 Å². The second kappa shape index (κ2) is 8.31. The molecule has 0 fully saturated rings. The van der Waals surface area contributed by atoms with Crippen molar-refractivity contribution in [3.05, 3.63) is 77.1 Å². The Balaban J connectivity index is 1.68. The summed E-state index contributed by atoms with van der Waals surface area (Å²) in [6, 6.07) is 16.2. The third kappa shape index (κ3) is 4.49. The largest absolute Gasteiger partial charge is 0.497 e. The number of benzene rings is 2. The van der Waals surface area contributed by atoms with Crippen LogP contribution in [0.15, 0.2) is 60.8 Å². The fraction of sp³-hybridized carbons (Fsp3) is 0.105. The molecule has 7 heteroatoms. The summed E-state index contributed by atoms with van der Waals surface area (Å²) in [6.07, 6.45) is 1.53. The van der Waals surface area contributed by atoms with Gasteiger partial charge in [-0.1, -0.05) is 35.9 Å². The maximum Gasteiger partial charge on any atom is 0.274 e. The van der Waals surface area contributed by atoms with Crippen LogP contribution in [0.25, 0.3) is 0 Å². The van der Waals surface area contributed by atoms with Crippen LogP contribution in [-0.2, 0) is 6.54 Å². The Kier molecular flexibility index (Phi) is 5.66. The average molecular weight is 369 g/mol. The number of nitrogens with one attached hydrogen (secondary N) is 2. The number of aromatic nitrogens is 2. The number of halogens is 1. The van der Waals surface area contributed by atoms with Gasteiger partial charge in [0.25, 0.3) is 5.91 Å². The number of hydrogen-bond donors (Lipinski definition) is 2. The molecule has 0 atom stereocenters. The zero-order chi connectivity index (χ0) is 18.4. The van der Waals surface area contributed by atoms with Gasteiger partial charge in [0.2, 0.25) is 5.95 Å². The lowest BCUT2D eigenvalue weighted by Gasteiger charge is -2.09. The summed E-state index contributed by atoms with van der Waals surface area (Å²) < 4.78 is 5.15. The number of carbonyl (C=O) groups is 1. The molecule has 0 aliphatic carbocycles. The molecule has 0 saturated carbocycles. The molecule has 3 rings (SSSR count). The predicted octanol–water partition coefficient (Wildman–Crippen LogP) is 4.00. The van der Waals surface area contributed by atoms with Gasteiger partial charge in [0.05, 0.1) is 7.11 Å². The highest BCUT2D eigenvalue weighted by Crippen LogP contribution is 2.18. The molecule has 0 unspecified atom stereocenters. The number of rotatable bonds is 6. The van der Waals surface area contributed by atoms with Gasteiger partial charge in [-0.25, -0.2) is 9.97 Å². The molecule has 2 N–H and O–H groups in total. The molecule has 1 amide bonds. The van der Waals surface area contributed by atoms with Crippen molar-refractivity contribution in [3.8, 4) is 5.75 Å². The molecule has 0 bridgehead atoms. The van der Waals surface area contributed by atoms with Gasteiger partial charge in [-0.2, -0.15) is 0 Å². The highest BCUT2D eigenvalue weighted by Gasteiger charge is 2.10. The van der Waals surface area contributed by atoms with Gasteiger partial charge in [0.1, 0.15) is 11.4 Å². The second-order valence-electron chi connectivity index (χ2n) is 5.40. The lowest BCUT2D eigenvalue weighted by atomic mass is 10.2. The Hall–Kier alpha value is -3.12. The summed E-state index contributed by atoms with van der Waals surface area (Å²) in [5.41, 5.74) is 1.80. The summed E-state index contributed by atoms with van der Waals surface area (Å²) in [5, 5.41) is 6.52. The predicted molar refractivity (Wildman–Crippen MR) is 102 cm³/mol. The number of methoxy groups -OCH3 is 1. The maximum atomic E-state index is 12.4. The smallest absolute Gasteiger partial charge is 0.274 e. The number of carbonyl (C=O) groups excluding carboxylic acids is 1. The first-order valence-corrected chi connectivity index (χ1v) is 8.29. The van der Waals surface area contributed by atoms with Crippen LogP contribution < -0.4 is 15.4 Å². The van der Waals surface area contributed by atoms with E-state index in [9.17, 15) is 4.79 Å². The van der Waals surface area contributed by atoms with Crippen molar-refractivity contribution in [3.63, 3.8) is 0 Å². The topological polar surface area (TPSA) is 76.1 Å². The lowest BCUT2D eigenvalue weighted by molar-refractivity contribution is 0.102. The van der Waals surface area contributed by atoms with Crippen LogP contribution in [0.2, 0.25) is 5.02 Å². The number of hydrogen-bond acceptors (Lipinski definition) is 5. The third-order valence-electron chi connectivity index (χ3n) is 3.61. The first-order chi connectivity index (χ1) is 12.7. The van der Waals surface area contributed by atoms with Crippen LogP contribution in [0.1, 0.15) is 16.1 Å². The van der Waals surface area contributed by atoms with Gasteiger partial charge in [0.15, 0.2) is 0 Å². The second-order valence-corrected chi connectivity index (χ2v) is 5.80. The first-order valence-electron chi connectivity index (χ1n) is 7.91. The Morgan fingerprint density at radius 2 is 2.00 bits per heavy atom. The Morgan fingerprint density at radius 1 is 1.15 bits per heavy atom. The molecule has 2 aromatic carbocycles. The van der Waals surface area contributed by atoms with E-state index in [0.717, 1.165) is 5.56 Å². The maximum absolute atomic E-state index is 12.4. The molecule has 0 aliphatic rings. The first kappa shape index (κ1) is 17.7. The van der Waals surface area contributed by atoms with E-state index in [1.807, 2.05) is 24.3 Å². The monoisotopic (exact) mass is 368 g/mol. The summed E-state index contributed by atoms with van der Waals surface area (Å²) in [4.78, 5) is 20.8. The summed E-state index contributed by atoms with van der Waals surface area (Å²) in [5.74, 6) is 0.678. The van der Waals surface area contributed by atoms with Gasteiger partial charge in [-0.15, -0.1) is 0 Å². The van der Waals surface area contributed by atoms with Crippen molar-refractivity contribution in [2.24, 2.45) is 0 Å². The number of ether oxygens (including phenoxy) is 1. The van der Waals surface area contributed by atoms with Gasteiger partial charge in [-0.3, -0.25) is 4.79 Å². The zero-order valence-corrected chi connectivity index (χ0v) is 14.8. The van der Waals surface area contributed by atoms with Crippen molar-refractivity contribution in [2.75, 3.05) is 17.7 Å². The van der Waals surface area contributed by atoms with Crippen LogP contribution >= 0.6 is 11.6 Å². The van der Waals surface area contributed by atoms with E-state index in [2.05, 4.69) is 20.6 Å². The number of nitrogens with zero attached hydrogens (tertiary/aromatic N) is 2. The van der Waals surface area contributed by atoms with Gasteiger partial charge in [-0.05, 0) is 29.8 Å². The quantitative estimate of drug-likeness (QED) is 0.687. The van der Waals surface area contributed by atoms with Crippen LogP contribution in [-0.4, -0.2) is 23.0 Å². The summed E-state index contributed by atoms with van der Waals surface area (Å²) in [6.45, 7) is 0.459. The molecule has 132 valence electrons. The molecular weight excluding hydrogens is 352 g/mol. The summed E-state index contributed by atoms with van der Waals surface area (Å²) in [7, 11) is 1.57. The molecule has 26 heavy (non-hydrogen) atoms. The molecule has 0 aliphatic heterocycles. The van der Waals surface area contributed by atoms with E-state index in [1.165, 1.54) is 6.20 Å². The van der Waals surface area contributed by atoms with Crippen LogP contribution in [0.3, 0.4) is 0 Å². The Labute approximate surface area is 156 Å². The van der Waals surface area contributed by atoms with Crippen molar-refractivity contribution in [1.82, 2.24) is 9.97 Å². The van der Waals surface area contributed by atoms with E-state index in [4.69, 9.17) is 16.3 Å². The van der Waals surface area contributed by atoms with Crippen molar-refractivity contribution in [2.45, 2.75) is 6.54 Å². The zero-order valence-electron chi connectivity index (χ0n) is 14.1. The van der Waals surface area contributed by atoms with E-state index >= 15 is 0 Å². The van der Waals surface area contributed by atoms with E-state index < -0.39 is 0 Å². The normalized spacial score (nSPS) is 10.2. The molecule has 1 heterocycles. The van der Waals surface area contributed by atoms with Crippen molar-refractivity contribution < 1.29 is 9.53 Å². The standard InChI is InChI=1S/C19H17ClN4O2/c1-26-15-7-4-6-14(11-15)23-18(25)17-9-10-21-19(24-17)22-12-13-5-2-3-8-16(13)20/h2-11H,12H2,1H3,(H,23,25)(H,21,22,24). The highest BCUT2D eigenvalue weighted by molar-refractivity contribution is 6.31. The minimum Gasteiger partial charge on any atom is -0.497 e. The number of amides is 1. The Morgan fingerprint density at radius 3 is 2.81 bits per heavy atom.